The number of nitrogens with zero attached hydrogens (tertiary/aromatic N) is 1. The van der Waals surface area contributed by atoms with Gasteiger partial charge in [-0.3, -0.25) is 0 Å². The first-order valence-electron chi connectivity index (χ1n) is 7.17. The number of hydrogen-bond acceptors (Lipinski definition) is 2. The van der Waals surface area contributed by atoms with E-state index in [0.717, 1.165) is 32.5 Å². The van der Waals surface area contributed by atoms with Gasteiger partial charge in [-0.1, -0.05) is 60.2 Å². The second-order valence-electron chi connectivity index (χ2n) is 5.22. The Labute approximate surface area is 139 Å². The Bertz CT molecular complexity index is 913. The van der Waals surface area contributed by atoms with E-state index in [1.807, 2.05) is 48.5 Å². The monoisotopic (exact) mass is 321 g/mol. The van der Waals surface area contributed by atoms with Crippen LogP contribution >= 0.6 is 11.6 Å². The van der Waals surface area contributed by atoms with Gasteiger partial charge in [-0.2, -0.15) is 5.10 Å². The first kappa shape index (κ1) is 15.1. The Balaban J connectivity index is 1.91. The smallest absolute Gasteiger partial charge is 0.150 e. The van der Waals surface area contributed by atoms with Gasteiger partial charge in [0.25, 0.3) is 0 Å². The van der Waals surface area contributed by atoms with Gasteiger partial charge >= 0.3 is 0 Å². The summed E-state index contributed by atoms with van der Waals surface area (Å²) in [4.78, 5) is 0. The van der Waals surface area contributed by atoms with Crippen molar-refractivity contribution in [2.45, 2.75) is 0 Å². The summed E-state index contributed by atoms with van der Waals surface area (Å²) in [5.74, 6) is 5.55. The molecule has 4 heteroatoms. The molecule has 0 bridgehead atoms. The summed E-state index contributed by atoms with van der Waals surface area (Å²) in [7, 11) is 0. The number of fused-ring (bicyclic) bond motifs is 1. The number of hydrazone groups is 1. The molecule has 0 radical (unpaired) electrons. The van der Waals surface area contributed by atoms with Crippen LogP contribution in [0.25, 0.3) is 22.9 Å². The van der Waals surface area contributed by atoms with Gasteiger partial charge in [0.05, 0.1) is 0 Å². The van der Waals surface area contributed by atoms with E-state index in [4.69, 9.17) is 23.2 Å². The van der Waals surface area contributed by atoms with E-state index in [-0.39, 0.29) is 0 Å². The normalized spacial score (nSPS) is 12.1. The molecule has 4 N–H and O–H groups in total. The second kappa shape index (κ2) is 6.55. The topological polar surface area (TPSA) is 64.4 Å². The van der Waals surface area contributed by atoms with Crippen LogP contribution in [0.2, 0.25) is 5.02 Å². The zero-order valence-corrected chi connectivity index (χ0v) is 13.2. The molecule has 0 atom stereocenters. The van der Waals surface area contributed by atoms with Gasteiger partial charge in [0.2, 0.25) is 0 Å². The van der Waals surface area contributed by atoms with Crippen LogP contribution in [-0.2, 0) is 0 Å². The molecule has 3 aromatic rings. The van der Waals surface area contributed by atoms with Gasteiger partial charge in [-0.05, 0) is 46.2 Å². The number of rotatable bonds is 3. The zero-order chi connectivity index (χ0) is 16.2. The molecule has 0 spiro atoms. The lowest BCUT2D eigenvalue weighted by Crippen LogP contribution is -2.15. The molecule has 0 aliphatic carbocycles. The van der Waals surface area contributed by atoms with Crippen molar-refractivity contribution in [3.63, 3.8) is 0 Å². The van der Waals surface area contributed by atoms with Crippen molar-refractivity contribution in [1.29, 1.82) is 0 Å². The van der Waals surface area contributed by atoms with Crippen LogP contribution in [-0.4, -0.2) is 5.84 Å². The number of hydrogen-bond donors (Lipinski definition) is 2. The van der Waals surface area contributed by atoms with Gasteiger partial charge in [-0.25, -0.2) is 0 Å². The van der Waals surface area contributed by atoms with E-state index >= 15 is 0 Å². The molecule has 0 aromatic heterocycles. The summed E-state index contributed by atoms with van der Waals surface area (Å²) in [6.45, 7) is 0. The van der Waals surface area contributed by atoms with Crippen molar-refractivity contribution in [3.8, 4) is 0 Å². The summed E-state index contributed by atoms with van der Waals surface area (Å²) in [5.41, 5.74) is 8.75. The van der Waals surface area contributed by atoms with Gasteiger partial charge < -0.3 is 11.6 Å². The van der Waals surface area contributed by atoms with Crippen molar-refractivity contribution >= 4 is 40.4 Å². The molecule has 3 rings (SSSR count). The third kappa shape index (κ3) is 3.52. The quantitative estimate of drug-likeness (QED) is 0.249. The average Bonchev–Trinajstić information content (AvgIpc) is 2.58. The van der Waals surface area contributed by atoms with Crippen molar-refractivity contribution in [1.82, 2.24) is 0 Å². The first-order chi connectivity index (χ1) is 11.2. The highest BCUT2D eigenvalue weighted by molar-refractivity contribution is 6.30. The minimum Gasteiger partial charge on any atom is -0.382 e. The maximum absolute atomic E-state index is 5.99. The Kier molecular flexibility index (Phi) is 4.31. The van der Waals surface area contributed by atoms with Crippen LogP contribution in [0.3, 0.4) is 0 Å². The van der Waals surface area contributed by atoms with Crippen molar-refractivity contribution in [3.05, 3.63) is 82.4 Å². The van der Waals surface area contributed by atoms with Crippen molar-refractivity contribution in [2.75, 3.05) is 0 Å². The maximum atomic E-state index is 5.99. The molecule has 0 fully saturated rings. The second-order valence-corrected chi connectivity index (χ2v) is 5.66. The van der Waals surface area contributed by atoms with Crippen LogP contribution in [0.4, 0.5) is 0 Å². The Morgan fingerprint density at radius 3 is 2.30 bits per heavy atom. The highest BCUT2D eigenvalue weighted by Gasteiger charge is 2.01. The maximum Gasteiger partial charge on any atom is 0.150 e. The third-order valence-electron chi connectivity index (χ3n) is 3.62. The molecule has 0 saturated heterocycles. The largest absolute Gasteiger partial charge is 0.382 e. The Hall–Kier alpha value is -2.78. The summed E-state index contributed by atoms with van der Waals surface area (Å²) in [6.07, 6.45) is 4.11. The minimum absolute atomic E-state index is 0.330. The fourth-order valence-corrected chi connectivity index (χ4v) is 2.60. The van der Waals surface area contributed by atoms with Gasteiger partial charge in [0, 0.05) is 10.6 Å². The highest BCUT2D eigenvalue weighted by Crippen LogP contribution is 2.20. The van der Waals surface area contributed by atoms with E-state index in [0.29, 0.717) is 5.84 Å². The minimum atomic E-state index is 0.330. The molecule has 0 saturated carbocycles. The lowest BCUT2D eigenvalue weighted by molar-refractivity contribution is 1.23. The van der Waals surface area contributed by atoms with Crippen LogP contribution < -0.4 is 11.6 Å². The van der Waals surface area contributed by atoms with E-state index in [1.165, 1.54) is 0 Å². The molecular formula is C19H16ClN3. The lowest BCUT2D eigenvalue weighted by Gasteiger charge is -2.04. The molecule has 0 unspecified atom stereocenters. The van der Waals surface area contributed by atoms with Crippen LogP contribution in [0.1, 0.15) is 16.7 Å². The standard InChI is InChI=1S/C19H16ClN3/c20-18-3-1-2-13(11-18)4-5-14-6-7-16-12-17(19(21)23-22)9-8-15(16)10-14/h1-12H,22H2,(H2,21,23)/b5-4+. The zero-order valence-electron chi connectivity index (χ0n) is 12.4. The molecule has 114 valence electrons. The summed E-state index contributed by atoms with van der Waals surface area (Å²) >= 11 is 5.99. The predicted octanol–water partition coefficient (Wildman–Crippen LogP) is 4.24. The fraction of sp³-hybridized carbons (Fsp3) is 0. The fourth-order valence-electron chi connectivity index (χ4n) is 2.40. The number of nitrogens with two attached hydrogens (primary N) is 2. The Morgan fingerprint density at radius 1 is 0.870 bits per heavy atom. The summed E-state index contributed by atoms with van der Waals surface area (Å²) in [5, 5.41) is 6.48. The average molecular weight is 322 g/mol. The molecule has 23 heavy (non-hydrogen) atoms. The number of benzene rings is 3. The molecule has 0 amide bonds. The number of halogens is 1. The molecular weight excluding hydrogens is 306 g/mol. The predicted molar refractivity (Wildman–Crippen MR) is 99.2 cm³/mol. The SMILES string of the molecule is N/N=C(/N)c1ccc2cc(/C=C/c3cccc(Cl)c3)ccc2c1. The molecule has 0 aliphatic heterocycles. The van der Waals surface area contributed by atoms with Gasteiger partial charge in [-0.15, -0.1) is 0 Å². The molecule has 3 aromatic carbocycles. The van der Waals surface area contributed by atoms with E-state index in [9.17, 15) is 0 Å². The van der Waals surface area contributed by atoms with E-state index in [2.05, 4.69) is 29.4 Å². The summed E-state index contributed by atoms with van der Waals surface area (Å²) < 4.78 is 0. The van der Waals surface area contributed by atoms with Crippen LogP contribution in [0.15, 0.2) is 65.8 Å². The first-order valence-corrected chi connectivity index (χ1v) is 7.55. The highest BCUT2D eigenvalue weighted by atomic mass is 35.5. The van der Waals surface area contributed by atoms with Gasteiger partial charge in [0.1, 0.15) is 5.84 Å². The van der Waals surface area contributed by atoms with Crippen molar-refractivity contribution < 1.29 is 0 Å². The summed E-state index contributed by atoms with van der Waals surface area (Å²) in [6, 6.07) is 19.9. The van der Waals surface area contributed by atoms with Crippen molar-refractivity contribution in [2.24, 2.45) is 16.7 Å². The number of amidine groups is 1. The van der Waals surface area contributed by atoms with Crippen LogP contribution in [0, 0.1) is 0 Å². The van der Waals surface area contributed by atoms with E-state index < -0.39 is 0 Å². The van der Waals surface area contributed by atoms with Crippen LogP contribution in [0.5, 0.6) is 0 Å². The third-order valence-corrected chi connectivity index (χ3v) is 3.85. The molecule has 0 heterocycles. The molecule has 3 nitrogen and oxygen atoms in total. The molecule has 0 aliphatic rings. The van der Waals surface area contributed by atoms with E-state index in [1.54, 1.807) is 0 Å². The van der Waals surface area contributed by atoms with Gasteiger partial charge in [0.15, 0.2) is 0 Å². The lowest BCUT2D eigenvalue weighted by atomic mass is 10.0. The Morgan fingerprint density at radius 2 is 1.57 bits per heavy atom.